The van der Waals surface area contributed by atoms with Gasteiger partial charge in [-0.3, -0.25) is 14.9 Å². The molecule has 2 heterocycles. The lowest BCUT2D eigenvalue weighted by Crippen LogP contribution is -2.13. The normalized spacial score (nSPS) is 11.2. The van der Waals surface area contributed by atoms with Gasteiger partial charge in [0.05, 0.1) is 16.8 Å². The number of hydrogen-bond donors (Lipinski definition) is 1. The number of nitrogens with zero attached hydrogens (tertiary/aromatic N) is 4. The highest BCUT2D eigenvalue weighted by Crippen LogP contribution is 2.34. The molecule has 12 heteroatoms. The molecule has 0 fully saturated rings. The van der Waals surface area contributed by atoms with Crippen LogP contribution in [0.4, 0.5) is 20.2 Å². The highest BCUT2D eigenvalue weighted by Gasteiger charge is 2.22. The van der Waals surface area contributed by atoms with Crippen LogP contribution < -0.4 is 5.32 Å². The highest BCUT2D eigenvalue weighted by atomic mass is 35.5. The number of aromatic nitrogens is 3. The number of benzene rings is 3. The Kier molecular flexibility index (Phi) is 7.27. The molecule has 0 aliphatic carbocycles. The van der Waals surface area contributed by atoms with Crippen LogP contribution in [0, 0.1) is 17.0 Å². The van der Waals surface area contributed by atoms with Gasteiger partial charge in [-0.2, -0.15) is 5.10 Å². The first-order valence-electron chi connectivity index (χ1n) is 11.5. The van der Waals surface area contributed by atoms with Crippen molar-refractivity contribution in [2.75, 3.05) is 5.32 Å². The second-order valence-electron chi connectivity index (χ2n) is 8.51. The van der Waals surface area contributed by atoms with Crippen LogP contribution in [0.25, 0.3) is 16.9 Å². The molecule has 3 aromatic carbocycles. The van der Waals surface area contributed by atoms with Gasteiger partial charge in [-0.15, -0.1) is 0 Å². The first kappa shape index (κ1) is 26.3. The summed E-state index contributed by atoms with van der Waals surface area (Å²) in [6.45, 7) is 1.90. The van der Waals surface area contributed by atoms with Crippen molar-refractivity contribution in [2.45, 2.75) is 23.1 Å². The van der Waals surface area contributed by atoms with Gasteiger partial charge in [0.2, 0.25) is 0 Å². The maximum Gasteiger partial charge on any atom is 0.280 e. The van der Waals surface area contributed by atoms with Crippen molar-refractivity contribution in [3.05, 3.63) is 111 Å². The minimum Gasteiger partial charge on any atom is -0.322 e. The van der Waals surface area contributed by atoms with E-state index in [0.717, 1.165) is 21.2 Å². The van der Waals surface area contributed by atoms with E-state index in [9.17, 15) is 23.7 Å². The molecule has 0 aliphatic rings. The Balaban J connectivity index is 1.51. The molecule has 5 aromatic rings. The van der Waals surface area contributed by atoms with Crippen LogP contribution in [0.15, 0.2) is 88.8 Å². The number of rotatable bonds is 7. The number of anilines is 1. The maximum absolute atomic E-state index is 13.9. The quantitative estimate of drug-likeness (QED) is 0.161. The van der Waals surface area contributed by atoms with E-state index in [2.05, 4.69) is 15.4 Å². The number of fused-ring (bicyclic) bond motifs is 1. The van der Waals surface area contributed by atoms with Gasteiger partial charge in [-0.05, 0) is 43.3 Å². The number of nitro groups is 1. The van der Waals surface area contributed by atoms with Crippen LogP contribution in [0.1, 0.15) is 28.0 Å². The Labute approximate surface area is 229 Å². The van der Waals surface area contributed by atoms with Gasteiger partial charge >= 0.3 is 0 Å². The molecule has 0 aliphatic heterocycles. The lowest BCUT2D eigenvalue weighted by Gasteiger charge is -2.10. The van der Waals surface area contributed by atoms with Crippen molar-refractivity contribution in [1.29, 1.82) is 0 Å². The summed E-state index contributed by atoms with van der Waals surface area (Å²) < 4.78 is 28.8. The molecule has 0 unspecified atom stereocenters. The Morgan fingerprint density at radius 3 is 2.44 bits per heavy atom. The van der Waals surface area contributed by atoms with Crippen molar-refractivity contribution >= 4 is 46.3 Å². The van der Waals surface area contributed by atoms with Gasteiger partial charge in [0.25, 0.3) is 18.0 Å². The zero-order valence-electron chi connectivity index (χ0n) is 20.1. The van der Waals surface area contributed by atoms with Gasteiger partial charge in [0.15, 0.2) is 5.65 Å². The Morgan fingerprint density at radius 2 is 1.77 bits per heavy atom. The third-order valence-electron chi connectivity index (χ3n) is 5.72. The van der Waals surface area contributed by atoms with Gasteiger partial charge in [0, 0.05) is 38.2 Å². The molecule has 0 saturated heterocycles. The SMILES string of the molecule is Cc1ccc(-c2cc(C(F)F)n3ncc(C(=O)Nc4cc(Sc5ccc(Cl)cc5)cc([N+](=O)[O-])c4)c3n2)cc1. The molecule has 0 spiro atoms. The lowest BCUT2D eigenvalue weighted by atomic mass is 10.1. The number of alkyl halides is 2. The van der Waals surface area contributed by atoms with E-state index in [1.165, 1.54) is 30.0 Å². The third-order valence-corrected chi connectivity index (χ3v) is 6.96. The largest absolute Gasteiger partial charge is 0.322 e. The number of halogens is 3. The first-order chi connectivity index (χ1) is 18.7. The fourth-order valence-electron chi connectivity index (χ4n) is 3.83. The van der Waals surface area contributed by atoms with E-state index in [1.807, 2.05) is 19.1 Å². The van der Waals surface area contributed by atoms with Gasteiger partial charge in [-0.25, -0.2) is 18.3 Å². The van der Waals surface area contributed by atoms with Crippen molar-refractivity contribution in [3.8, 4) is 11.3 Å². The number of carbonyl (C=O) groups is 1. The van der Waals surface area contributed by atoms with Crippen molar-refractivity contribution < 1.29 is 18.5 Å². The van der Waals surface area contributed by atoms with Gasteiger partial charge in [0.1, 0.15) is 11.3 Å². The number of carbonyl (C=O) groups excluding carboxylic acids is 1. The maximum atomic E-state index is 13.9. The summed E-state index contributed by atoms with van der Waals surface area (Å²) in [5.74, 6) is -0.707. The fraction of sp³-hybridized carbons (Fsp3) is 0.0741. The van der Waals surface area contributed by atoms with Gasteiger partial charge in [-0.1, -0.05) is 53.2 Å². The standard InChI is InChI=1S/C27H18ClF2N5O3S/c1-15-2-4-16(5-3-15)23-13-24(25(29)30)34-26(33-23)22(14-31-34)27(36)32-18-10-19(35(37)38)12-21(11-18)39-20-8-6-17(28)7-9-20/h2-14,25H,1H3,(H,32,36). The van der Waals surface area contributed by atoms with Crippen molar-refractivity contribution in [1.82, 2.24) is 14.6 Å². The van der Waals surface area contributed by atoms with Crippen LogP contribution in [0.5, 0.6) is 0 Å². The summed E-state index contributed by atoms with van der Waals surface area (Å²) in [4.78, 5) is 30.0. The molecule has 2 aromatic heterocycles. The van der Waals surface area contributed by atoms with Crippen LogP contribution in [0.2, 0.25) is 5.02 Å². The van der Waals surface area contributed by atoms with Crippen molar-refractivity contribution in [3.63, 3.8) is 0 Å². The molecule has 0 saturated carbocycles. The summed E-state index contributed by atoms with van der Waals surface area (Å²) in [6.07, 6.45) is -1.73. The number of nitro benzene ring substituents is 1. The minimum atomic E-state index is -2.88. The summed E-state index contributed by atoms with van der Waals surface area (Å²) in [7, 11) is 0. The fourth-order valence-corrected chi connectivity index (χ4v) is 4.87. The smallest absolute Gasteiger partial charge is 0.280 e. The number of nitrogens with one attached hydrogen (secondary N) is 1. The second-order valence-corrected chi connectivity index (χ2v) is 10.1. The summed E-state index contributed by atoms with van der Waals surface area (Å²) in [5, 5.41) is 18.7. The molecule has 196 valence electrons. The topological polar surface area (TPSA) is 102 Å². The predicted octanol–water partition coefficient (Wildman–Crippen LogP) is 7.61. The number of non-ortho nitro benzene ring substituents is 1. The average molecular weight is 566 g/mol. The van der Waals surface area contributed by atoms with Crippen LogP contribution >= 0.6 is 23.4 Å². The van der Waals surface area contributed by atoms with E-state index in [4.69, 9.17) is 11.6 Å². The van der Waals surface area contributed by atoms with Crippen molar-refractivity contribution in [2.24, 2.45) is 0 Å². The van der Waals surface area contributed by atoms with Crippen LogP contribution in [-0.4, -0.2) is 25.4 Å². The summed E-state index contributed by atoms with van der Waals surface area (Å²) >= 11 is 7.18. The lowest BCUT2D eigenvalue weighted by molar-refractivity contribution is -0.385. The molecule has 39 heavy (non-hydrogen) atoms. The average Bonchev–Trinajstić information content (AvgIpc) is 3.34. The second kappa shape index (κ2) is 10.8. The van der Waals surface area contributed by atoms with E-state index >= 15 is 0 Å². The predicted molar refractivity (Wildman–Crippen MR) is 145 cm³/mol. The molecular formula is C27H18ClF2N5O3S. The zero-order chi connectivity index (χ0) is 27.7. The van der Waals surface area contributed by atoms with E-state index < -0.39 is 22.9 Å². The molecular weight excluding hydrogens is 548 g/mol. The van der Waals surface area contributed by atoms with E-state index in [-0.39, 0.29) is 28.3 Å². The van der Waals surface area contributed by atoms with Gasteiger partial charge < -0.3 is 5.32 Å². The Morgan fingerprint density at radius 1 is 1.05 bits per heavy atom. The monoisotopic (exact) mass is 565 g/mol. The number of amides is 1. The molecule has 1 amide bonds. The zero-order valence-corrected chi connectivity index (χ0v) is 21.7. The molecule has 0 bridgehead atoms. The molecule has 5 rings (SSSR count). The highest BCUT2D eigenvalue weighted by molar-refractivity contribution is 7.99. The molecule has 8 nitrogen and oxygen atoms in total. The number of aryl methyl sites for hydroxylation is 1. The molecule has 0 atom stereocenters. The molecule has 0 radical (unpaired) electrons. The Bertz CT molecular complexity index is 1710. The third kappa shape index (κ3) is 5.74. The summed E-state index contributed by atoms with van der Waals surface area (Å²) in [6, 6.07) is 19.5. The van der Waals surface area contributed by atoms with Crippen LogP contribution in [-0.2, 0) is 0 Å². The van der Waals surface area contributed by atoms with E-state index in [0.29, 0.717) is 15.5 Å². The molecule has 1 N–H and O–H groups in total. The van der Waals surface area contributed by atoms with E-state index in [1.54, 1.807) is 42.5 Å². The Hall–Kier alpha value is -4.35. The van der Waals surface area contributed by atoms with Crippen LogP contribution in [0.3, 0.4) is 0 Å². The minimum absolute atomic E-state index is 0.0655. The number of hydrogen-bond acceptors (Lipinski definition) is 6. The first-order valence-corrected chi connectivity index (χ1v) is 12.7. The summed E-state index contributed by atoms with van der Waals surface area (Å²) in [5.41, 5.74) is 1.20.